The van der Waals surface area contributed by atoms with Crippen LogP contribution < -0.4 is 4.74 Å². The summed E-state index contributed by atoms with van der Waals surface area (Å²) >= 11 is 8.29. The molecule has 2 N–H and O–H groups in total. The van der Waals surface area contributed by atoms with E-state index in [2.05, 4.69) is 31.2 Å². The molecule has 0 unspecified atom stereocenters. The van der Waals surface area contributed by atoms with Crippen molar-refractivity contribution in [2.24, 2.45) is 5.10 Å². The maximum absolute atomic E-state index is 9.71. The molecular weight excluding hydrogens is 332 g/mol. The van der Waals surface area contributed by atoms with E-state index in [0.29, 0.717) is 20.8 Å². The van der Waals surface area contributed by atoms with Gasteiger partial charge in [-0.1, -0.05) is 0 Å². The molecule has 0 spiro atoms. The van der Waals surface area contributed by atoms with E-state index >= 15 is 0 Å². The molecule has 0 bridgehead atoms. The Morgan fingerprint density at radius 2 is 2.32 bits per heavy atom. The lowest BCUT2D eigenvalue weighted by atomic mass is 10.2. The van der Waals surface area contributed by atoms with E-state index in [0.717, 1.165) is 5.56 Å². The smallest absolute Gasteiger partial charge is 0.216 e. The molecule has 0 fully saturated rings. The number of aromatic amines is 1. The topological polar surface area (TPSA) is 75.4 Å². The van der Waals surface area contributed by atoms with Gasteiger partial charge in [-0.2, -0.15) is 14.9 Å². The van der Waals surface area contributed by atoms with Gasteiger partial charge in [0.1, 0.15) is 5.82 Å². The zero-order valence-electron chi connectivity index (χ0n) is 10.2. The van der Waals surface area contributed by atoms with E-state index < -0.39 is 0 Å². The summed E-state index contributed by atoms with van der Waals surface area (Å²) in [5, 5.41) is 20.5. The number of methoxy groups -OCH3 is 1. The molecule has 0 atom stereocenters. The van der Waals surface area contributed by atoms with Gasteiger partial charge in [-0.3, -0.25) is 5.10 Å². The second-order valence-electron chi connectivity index (χ2n) is 3.69. The van der Waals surface area contributed by atoms with Crippen molar-refractivity contribution in [3.63, 3.8) is 0 Å². The van der Waals surface area contributed by atoms with Crippen LogP contribution in [0, 0.1) is 11.7 Å². The first-order valence-electron chi connectivity index (χ1n) is 5.28. The van der Waals surface area contributed by atoms with Crippen molar-refractivity contribution < 1.29 is 9.84 Å². The molecule has 0 radical (unpaired) electrons. The molecule has 0 amide bonds. The molecule has 2 rings (SSSR count). The van der Waals surface area contributed by atoms with Gasteiger partial charge in [-0.15, -0.1) is 0 Å². The highest BCUT2D eigenvalue weighted by molar-refractivity contribution is 9.10. The highest BCUT2D eigenvalue weighted by atomic mass is 79.9. The molecule has 1 aromatic heterocycles. The number of halogens is 1. The maximum Gasteiger partial charge on any atom is 0.216 e. The van der Waals surface area contributed by atoms with E-state index in [1.807, 2.05) is 0 Å². The van der Waals surface area contributed by atoms with Crippen molar-refractivity contribution in [1.29, 1.82) is 0 Å². The molecule has 8 heteroatoms. The monoisotopic (exact) mass is 342 g/mol. The Balaban J connectivity index is 2.39. The van der Waals surface area contributed by atoms with Gasteiger partial charge >= 0.3 is 0 Å². The van der Waals surface area contributed by atoms with Gasteiger partial charge in [0.15, 0.2) is 11.5 Å². The summed E-state index contributed by atoms with van der Waals surface area (Å²) in [5.41, 5.74) is 0.754. The van der Waals surface area contributed by atoms with Crippen LogP contribution >= 0.6 is 28.1 Å². The van der Waals surface area contributed by atoms with Crippen molar-refractivity contribution in [2.45, 2.75) is 6.92 Å². The fourth-order valence-electron chi connectivity index (χ4n) is 1.45. The van der Waals surface area contributed by atoms with Crippen molar-refractivity contribution in [2.75, 3.05) is 7.11 Å². The SMILES string of the molecule is COc1cc(/C=N\n2c(C)n[nH]c2=S)cc(Br)c1O. The summed E-state index contributed by atoms with van der Waals surface area (Å²) in [7, 11) is 1.48. The Morgan fingerprint density at radius 3 is 2.89 bits per heavy atom. The van der Waals surface area contributed by atoms with Gasteiger partial charge in [-0.25, -0.2) is 0 Å². The molecule has 100 valence electrons. The first kappa shape index (κ1) is 13.8. The number of nitrogens with zero attached hydrogens (tertiary/aromatic N) is 3. The number of rotatable bonds is 3. The van der Waals surface area contributed by atoms with E-state index in [-0.39, 0.29) is 5.75 Å². The Hall–Kier alpha value is -1.67. The minimum absolute atomic E-state index is 0.0516. The lowest BCUT2D eigenvalue weighted by Gasteiger charge is -2.06. The Labute approximate surface area is 122 Å². The van der Waals surface area contributed by atoms with Gasteiger partial charge in [0.2, 0.25) is 4.77 Å². The van der Waals surface area contributed by atoms with Crippen LogP contribution in [0.15, 0.2) is 21.7 Å². The number of phenolic OH excluding ortho intramolecular Hbond substituents is 1. The van der Waals surface area contributed by atoms with E-state index in [1.54, 1.807) is 25.3 Å². The third kappa shape index (κ3) is 2.85. The van der Waals surface area contributed by atoms with Crippen molar-refractivity contribution in [1.82, 2.24) is 14.9 Å². The molecular formula is C11H11BrN4O2S. The molecule has 0 saturated carbocycles. The fourth-order valence-corrected chi connectivity index (χ4v) is 2.14. The normalized spacial score (nSPS) is 11.1. The van der Waals surface area contributed by atoms with Crippen LogP contribution in [0.1, 0.15) is 11.4 Å². The second-order valence-corrected chi connectivity index (χ2v) is 4.93. The van der Waals surface area contributed by atoms with Crippen LogP contribution in [0.2, 0.25) is 0 Å². The number of aromatic nitrogens is 3. The predicted octanol–water partition coefficient (Wildman–Crippen LogP) is 2.61. The Kier molecular flexibility index (Phi) is 4.01. The average Bonchev–Trinajstić information content (AvgIpc) is 2.70. The summed E-state index contributed by atoms with van der Waals surface area (Å²) in [5.74, 6) is 1.07. The van der Waals surface area contributed by atoms with Crippen LogP contribution in [0.4, 0.5) is 0 Å². The minimum Gasteiger partial charge on any atom is -0.503 e. The molecule has 1 heterocycles. The number of aromatic hydroxyl groups is 1. The molecule has 19 heavy (non-hydrogen) atoms. The predicted molar refractivity (Wildman–Crippen MR) is 77.5 cm³/mol. The maximum atomic E-state index is 9.71. The quantitative estimate of drug-likeness (QED) is 0.664. The standard InChI is InChI=1S/C11H11BrN4O2S/c1-6-14-15-11(19)16(6)13-5-7-3-8(12)10(17)9(4-7)18-2/h3-5,17H,1-2H3,(H,15,19)/b13-5-. The van der Waals surface area contributed by atoms with Crippen molar-refractivity contribution >= 4 is 34.4 Å². The molecule has 0 aliphatic heterocycles. The number of phenols is 1. The second kappa shape index (κ2) is 5.54. The number of nitrogens with one attached hydrogen (secondary N) is 1. The van der Waals surface area contributed by atoms with Crippen LogP contribution in [-0.2, 0) is 0 Å². The first-order valence-corrected chi connectivity index (χ1v) is 6.48. The van der Waals surface area contributed by atoms with Gasteiger partial charge in [-0.05, 0) is 52.8 Å². The average molecular weight is 343 g/mol. The summed E-state index contributed by atoms with van der Waals surface area (Å²) < 4.78 is 7.51. The van der Waals surface area contributed by atoms with Crippen LogP contribution in [-0.4, -0.2) is 33.3 Å². The molecule has 6 nitrogen and oxygen atoms in total. The summed E-state index contributed by atoms with van der Waals surface area (Å²) in [6, 6.07) is 3.39. The Morgan fingerprint density at radius 1 is 1.58 bits per heavy atom. The van der Waals surface area contributed by atoms with E-state index in [1.165, 1.54) is 11.8 Å². The fraction of sp³-hybridized carbons (Fsp3) is 0.182. The number of hydrogen-bond donors (Lipinski definition) is 2. The number of H-pyrrole nitrogens is 1. The summed E-state index contributed by atoms with van der Waals surface area (Å²) in [6.07, 6.45) is 1.60. The molecule has 0 saturated heterocycles. The van der Waals surface area contributed by atoms with Crippen molar-refractivity contribution in [3.8, 4) is 11.5 Å². The van der Waals surface area contributed by atoms with Crippen LogP contribution in [0.3, 0.4) is 0 Å². The van der Waals surface area contributed by atoms with E-state index in [4.69, 9.17) is 17.0 Å². The molecule has 1 aromatic carbocycles. The van der Waals surface area contributed by atoms with E-state index in [9.17, 15) is 5.11 Å². The molecule has 0 aliphatic carbocycles. The van der Waals surface area contributed by atoms with Crippen LogP contribution in [0.5, 0.6) is 11.5 Å². The molecule has 2 aromatic rings. The lowest BCUT2D eigenvalue weighted by molar-refractivity contribution is 0.372. The highest BCUT2D eigenvalue weighted by Gasteiger charge is 2.07. The number of hydrogen-bond acceptors (Lipinski definition) is 5. The first-order chi connectivity index (χ1) is 9.02. The summed E-state index contributed by atoms with van der Waals surface area (Å²) in [4.78, 5) is 0. The lowest BCUT2D eigenvalue weighted by Crippen LogP contribution is -1.94. The molecule has 0 aliphatic rings. The zero-order valence-corrected chi connectivity index (χ0v) is 12.6. The van der Waals surface area contributed by atoms with Gasteiger partial charge in [0.05, 0.1) is 17.8 Å². The zero-order chi connectivity index (χ0) is 14.0. The third-order valence-electron chi connectivity index (χ3n) is 2.41. The third-order valence-corrected chi connectivity index (χ3v) is 3.27. The largest absolute Gasteiger partial charge is 0.503 e. The minimum atomic E-state index is 0.0516. The van der Waals surface area contributed by atoms with Crippen molar-refractivity contribution in [3.05, 3.63) is 32.8 Å². The summed E-state index contributed by atoms with van der Waals surface area (Å²) in [6.45, 7) is 1.79. The van der Waals surface area contributed by atoms with Gasteiger partial charge < -0.3 is 9.84 Å². The van der Waals surface area contributed by atoms with Gasteiger partial charge in [0.25, 0.3) is 0 Å². The number of aryl methyl sites for hydroxylation is 1. The Bertz CT molecular complexity index is 692. The van der Waals surface area contributed by atoms with Gasteiger partial charge in [0, 0.05) is 0 Å². The van der Waals surface area contributed by atoms with Crippen LogP contribution in [0.25, 0.3) is 0 Å². The number of ether oxygens (including phenoxy) is 1. The number of benzene rings is 1. The highest BCUT2D eigenvalue weighted by Crippen LogP contribution is 2.34.